The Morgan fingerprint density at radius 3 is 2.77 bits per heavy atom. The Labute approximate surface area is 176 Å². The minimum atomic E-state index is -1.68. The van der Waals surface area contributed by atoms with Gasteiger partial charge in [0.25, 0.3) is 0 Å². The smallest absolute Gasteiger partial charge is 0.340 e. The molecule has 0 spiro atoms. The molecule has 0 aliphatic heterocycles. The maximum atomic E-state index is 11.9. The van der Waals surface area contributed by atoms with Crippen molar-refractivity contribution in [3.8, 4) is 18.1 Å². The summed E-state index contributed by atoms with van der Waals surface area (Å²) in [5, 5.41) is 29.3. The number of aryl methyl sites for hydroxylation is 1. The van der Waals surface area contributed by atoms with Crippen molar-refractivity contribution in [3.05, 3.63) is 29.3 Å². The van der Waals surface area contributed by atoms with E-state index in [2.05, 4.69) is 12.8 Å². The predicted octanol–water partition coefficient (Wildman–Crippen LogP) is 2.65. The third kappa shape index (κ3) is 3.21. The molecule has 0 heterocycles. The van der Waals surface area contributed by atoms with Gasteiger partial charge < -0.3 is 20.1 Å². The summed E-state index contributed by atoms with van der Waals surface area (Å²) in [5.41, 5.74) is 1.13. The molecule has 0 amide bonds. The first kappa shape index (κ1) is 20.9. The molecule has 2 saturated carbocycles. The van der Waals surface area contributed by atoms with Gasteiger partial charge in [-0.2, -0.15) is 0 Å². The number of aliphatic hydroxyl groups excluding tert-OH is 1. The molecule has 6 nitrogen and oxygen atoms in total. The number of carbonyl (C=O) groups is 2. The minimum absolute atomic E-state index is 0.240. The highest BCUT2D eigenvalue weighted by Gasteiger charge is 2.61. The molecule has 1 aromatic rings. The van der Waals surface area contributed by atoms with E-state index in [1.165, 1.54) is 5.56 Å². The molecule has 0 aromatic heterocycles. The summed E-state index contributed by atoms with van der Waals surface area (Å²) in [7, 11) is 0. The van der Waals surface area contributed by atoms with Crippen LogP contribution in [0.5, 0.6) is 5.75 Å². The van der Waals surface area contributed by atoms with E-state index in [1.807, 2.05) is 12.1 Å². The number of carboxylic acid groups (broad SMARTS) is 1. The van der Waals surface area contributed by atoms with E-state index in [-0.39, 0.29) is 5.41 Å². The van der Waals surface area contributed by atoms with Crippen LogP contribution in [0.2, 0.25) is 0 Å². The quantitative estimate of drug-likeness (QED) is 0.399. The van der Waals surface area contributed by atoms with Crippen molar-refractivity contribution in [2.45, 2.75) is 69.5 Å². The molecule has 6 heteroatoms. The van der Waals surface area contributed by atoms with E-state index in [0.29, 0.717) is 29.9 Å². The second-order valence-corrected chi connectivity index (χ2v) is 9.31. The Morgan fingerprint density at radius 2 is 2.07 bits per heavy atom. The highest BCUT2D eigenvalue weighted by molar-refractivity contribution is 5.82. The number of hydrogen-bond acceptors (Lipinski definition) is 5. The number of carbonyl (C=O) groups excluding carboxylic acids is 1. The molecule has 6 atom stereocenters. The summed E-state index contributed by atoms with van der Waals surface area (Å²) >= 11 is 0. The second kappa shape index (κ2) is 7.40. The molecule has 30 heavy (non-hydrogen) atoms. The summed E-state index contributed by atoms with van der Waals surface area (Å²) in [6, 6.07) is 5.54. The van der Waals surface area contributed by atoms with E-state index >= 15 is 0 Å². The SMILES string of the molecule is C#C[C@]1(O)CCC2C3CCc4cc(OC(=O)C(O)CC(=O)O)ccc4C3CC[C@@]21C. The molecule has 0 bridgehead atoms. The van der Waals surface area contributed by atoms with Crippen LogP contribution in [0.3, 0.4) is 0 Å². The first-order valence-corrected chi connectivity index (χ1v) is 10.6. The molecule has 4 unspecified atom stereocenters. The Bertz CT molecular complexity index is 917. The number of carboxylic acids is 1. The Balaban J connectivity index is 1.52. The first-order chi connectivity index (χ1) is 14.2. The number of fused-ring (bicyclic) bond motifs is 5. The third-order valence-corrected chi connectivity index (χ3v) is 7.95. The lowest BCUT2D eigenvalue weighted by Crippen LogP contribution is -2.50. The number of ether oxygens (including phenoxy) is 1. The lowest BCUT2D eigenvalue weighted by atomic mass is 9.53. The Hall–Kier alpha value is -2.36. The molecule has 3 aliphatic carbocycles. The van der Waals surface area contributed by atoms with Gasteiger partial charge in [-0.3, -0.25) is 4.79 Å². The van der Waals surface area contributed by atoms with Crippen molar-refractivity contribution in [2.24, 2.45) is 17.3 Å². The zero-order chi connectivity index (χ0) is 21.7. The highest BCUT2D eigenvalue weighted by atomic mass is 16.5. The van der Waals surface area contributed by atoms with Crippen LogP contribution in [0.4, 0.5) is 0 Å². The first-order valence-electron chi connectivity index (χ1n) is 10.6. The molecular formula is C24H28O6. The monoisotopic (exact) mass is 412 g/mol. The van der Waals surface area contributed by atoms with Crippen molar-refractivity contribution in [1.82, 2.24) is 0 Å². The van der Waals surface area contributed by atoms with Gasteiger partial charge in [0.1, 0.15) is 11.4 Å². The fraction of sp³-hybridized carbons (Fsp3) is 0.583. The zero-order valence-corrected chi connectivity index (χ0v) is 17.1. The molecule has 0 saturated heterocycles. The van der Waals surface area contributed by atoms with Gasteiger partial charge in [-0.05, 0) is 79.5 Å². The van der Waals surface area contributed by atoms with Gasteiger partial charge in [-0.15, -0.1) is 6.42 Å². The van der Waals surface area contributed by atoms with E-state index in [4.69, 9.17) is 16.3 Å². The maximum absolute atomic E-state index is 11.9. The topological polar surface area (TPSA) is 104 Å². The maximum Gasteiger partial charge on any atom is 0.340 e. The van der Waals surface area contributed by atoms with Gasteiger partial charge in [0.2, 0.25) is 0 Å². The average molecular weight is 412 g/mol. The number of benzene rings is 1. The number of hydrogen-bond donors (Lipinski definition) is 3. The fourth-order valence-electron chi connectivity index (χ4n) is 6.31. The lowest BCUT2D eigenvalue weighted by Gasteiger charge is -2.52. The number of rotatable bonds is 4. The Morgan fingerprint density at radius 1 is 1.30 bits per heavy atom. The number of aliphatic carboxylic acids is 1. The largest absolute Gasteiger partial charge is 0.481 e. The normalized spacial score (nSPS) is 35.3. The number of terminal acetylenes is 1. The molecule has 2 fully saturated rings. The van der Waals surface area contributed by atoms with Gasteiger partial charge in [-0.1, -0.05) is 18.9 Å². The number of aliphatic hydroxyl groups is 2. The molecular weight excluding hydrogens is 384 g/mol. The van der Waals surface area contributed by atoms with Gasteiger partial charge in [-0.25, -0.2) is 4.79 Å². The van der Waals surface area contributed by atoms with E-state index in [0.717, 1.165) is 37.7 Å². The van der Waals surface area contributed by atoms with E-state index in [9.17, 15) is 19.8 Å². The van der Waals surface area contributed by atoms with Gasteiger partial charge in [0.05, 0.1) is 6.42 Å². The van der Waals surface area contributed by atoms with Crippen LogP contribution >= 0.6 is 0 Å². The van der Waals surface area contributed by atoms with Crippen LogP contribution in [0.1, 0.15) is 62.5 Å². The Kier molecular flexibility index (Phi) is 5.16. The zero-order valence-electron chi connectivity index (χ0n) is 17.1. The van der Waals surface area contributed by atoms with Crippen LogP contribution < -0.4 is 4.74 Å². The van der Waals surface area contributed by atoms with Gasteiger partial charge >= 0.3 is 11.9 Å². The standard InChI is InChI=1S/C24H28O6/c1-3-24(29)11-9-19-18-6-4-14-12-15(30-22(28)20(25)13-21(26)27)5-7-16(14)17(18)8-10-23(19,24)2/h1,5,7,12,17-20,25,29H,4,6,8-11,13H2,2H3,(H,26,27)/t17?,18?,19?,20?,23-,24-/m0/s1. The van der Waals surface area contributed by atoms with Crippen LogP contribution in [-0.4, -0.2) is 39.0 Å². The lowest BCUT2D eigenvalue weighted by molar-refractivity contribution is -0.150. The fourth-order valence-corrected chi connectivity index (χ4v) is 6.31. The van der Waals surface area contributed by atoms with Crippen LogP contribution in [0.25, 0.3) is 0 Å². The molecule has 3 N–H and O–H groups in total. The molecule has 1 aromatic carbocycles. The number of esters is 1. The summed E-state index contributed by atoms with van der Waals surface area (Å²) in [5.74, 6) is 2.07. The van der Waals surface area contributed by atoms with Crippen LogP contribution in [-0.2, 0) is 16.0 Å². The summed E-state index contributed by atoms with van der Waals surface area (Å²) < 4.78 is 5.20. The van der Waals surface area contributed by atoms with Crippen molar-refractivity contribution in [3.63, 3.8) is 0 Å². The van der Waals surface area contributed by atoms with Crippen molar-refractivity contribution >= 4 is 11.9 Å². The van der Waals surface area contributed by atoms with Crippen LogP contribution in [0.15, 0.2) is 18.2 Å². The third-order valence-electron chi connectivity index (χ3n) is 7.95. The molecule has 4 rings (SSSR count). The molecule has 0 radical (unpaired) electrons. The minimum Gasteiger partial charge on any atom is -0.481 e. The highest BCUT2D eigenvalue weighted by Crippen LogP contribution is 2.64. The van der Waals surface area contributed by atoms with E-state index < -0.39 is 30.1 Å². The van der Waals surface area contributed by atoms with Crippen molar-refractivity contribution in [2.75, 3.05) is 0 Å². The molecule has 160 valence electrons. The van der Waals surface area contributed by atoms with E-state index in [1.54, 1.807) is 6.07 Å². The van der Waals surface area contributed by atoms with Crippen molar-refractivity contribution in [1.29, 1.82) is 0 Å². The second-order valence-electron chi connectivity index (χ2n) is 9.31. The predicted molar refractivity (Wildman–Crippen MR) is 109 cm³/mol. The average Bonchev–Trinajstić information content (AvgIpc) is 2.98. The van der Waals surface area contributed by atoms with Crippen LogP contribution in [0, 0.1) is 29.6 Å². The summed E-state index contributed by atoms with van der Waals surface area (Å²) in [4.78, 5) is 22.6. The van der Waals surface area contributed by atoms with Crippen molar-refractivity contribution < 1.29 is 29.6 Å². The summed E-state index contributed by atoms with van der Waals surface area (Å²) in [6.07, 6.45) is 8.66. The van der Waals surface area contributed by atoms with Gasteiger partial charge in [0, 0.05) is 5.41 Å². The molecule has 3 aliphatic rings. The van der Waals surface area contributed by atoms with Gasteiger partial charge in [0.15, 0.2) is 6.10 Å². The summed E-state index contributed by atoms with van der Waals surface area (Å²) in [6.45, 7) is 2.15.